The molecule has 2 N–H and O–H groups in total. The molecule has 0 bridgehead atoms. The first-order chi connectivity index (χ1) is 10.6. The van der Waals surface area contributed by atoms with E-state index in [4.69, 9.17) is 0 Å². The van der Waals surface area contributed by atoms with Gasteiger partial charge in [0.1, 0.15) is 0 Å². The summed E-state index contributed by atoms with van der Waals surface area (Å²) in [5.74, 6) is -0.392. The van der Waals surface area contributed by atoms with E-state index in [0.29, 0.717) is 29.1 Å². The first kappa shape index (κ1) is 16.6. The predicted octanol–water partition coefficient (Wildman–Crippen LogP) is 2.90. The van der Waals surface area contributed by atoms with E-state index in [-0.39, 0.29) is 11.8 Å². The summed E-state index contributed by atoms with van der Waals surface area (Å²) in [7, 11) is 0. The summed E-state index contributed by atoms with van der Waals surface area (Å²) in [5.41, 5.74) is 1.08. The second-order valence-electron chi connectivity index (χ2n) is 4.51. The maximum atomic E-state index is 12.0. The van der Waals surface area contributed by atoms with Crippen LogP contribution in [-0.4, -0.2) is 24.9 Å². The van der Waals surface area contributed by atoms with Gasteiger partial charge in [-0.2, -0.15) is 0 Å². The molecule has 0 aliphatic heterocycles. The zero-order chi connectivity index (χ0) is 15.9. The molecule has 0 aliphatic carbocycles. The van der Waals surface area contributed by atoms with Crippen molar-refractivity contribution in [2.45, 2.75) is 4.90 Å². The van der Waals surface area contributed by atoms with Crippen LogP contribution in [0.1, 0.15) is 20.7 Å². The summed E-state index contributed by atoms with van der Waals surface area (Å²) in [6.45, 7) is 0.692. The Morgan fingerprint density at radius 2 is 1.36 bits per heavy atom. The summed E-state index contributed by atoms with van der Waals surface area (Å²) in [5, 5.41) is 5.51. The van der Waals surface area contributed by atoms with Crippen LogP contribution in [0.15, 0.2) is 57.9 Å². The van der Waals surface area contributed by atoms with Crippen molar-refractivity contribution in [1.29, 1.82) is 0 Å². The maximum Gasteiger partial charge on any atom is 0.252 e. The molecule has 6 heteroatoms. The molecule has 114 valence electrons. The highest BCUT2D eigenvalue weighted by Gasteiger charge is 2.10. The zero-order valence-electron chi connectivity index (χ0n) is 11.7. The first-order valence-corrected chi connectivity index (χ1v) is 7.92. The Kier molecular flexibility index (Phi) is 6.03. The molecule has 2 aromatic rings. The van der Waals surface area contributed by atoms with Gasteiger partial charge in [-0.25, -0.2) is 0 Å². The summed E-state index contributed by atoms with van der Waals surface area (Å²) < 4.78 is 0.737. The van der Waals surface area contributed by atoms with E-state index in [9.17, 15) is 9.59 Å². The van der Waals surface area contributed by atoms with Crippen LogP contribution >= 0.6 is 28.6 Å². The van der Waals surface area contributed by atoms with Gasteiger partial charge in [0, 0.05) is 22.5 Å². The van der Waals surface area contributed by atoms with E-state index in [1.54, 1.807) is 36.4 Å². The van der Waals surface area contributed by atoms with Crippen LogP contribution in [-0.2, 0) is 0 Å². The lowest BCUT2D eigenvalue weighted by Gasteiger charge is -2.09. The number of thiol groups is 1. The predicted molar refractivity (Wildman–Crippen MR) is 92.5 cm³/mol. The molecule has 0 fully saturated rings. The van der Waals surface area contributed by atoms with E-state index in [2.05, 4.69) is 39.2 Å². The van der Waals surface area contributed by atoms with Gasteiger partial charge in [0.2, 0.25) is 0 Å². The Bertz CT molecular complexity index is 632. The van der Waals surface area contributed by atoms with Gasteiger partial charge in [-0.05, 0) is 40.2 Å². The molecular weight excluding hydrogens is 364 g/mol. The van der Waals surface area contributed by atoms with Gasteiger partial charge in [-0.1, -0.05) is 24.3 Å². The molecule has 22 heavy (non-hydrogen) atoms. The molecule has 0 aromatic heterocycles. The van der Waals surface area contributed by atoms with Crippen molar-refractivity contribution in [1.82, 2.24) is 10.6 Å². The van der Waals surface area contributed by atoms with E-state index >= 15 is 0 Å². The van der Waals surface area contributed by atoms with Crippen LogP contribution in [0, 0.1) is 0 Å². The van der Waals surface area contributed by atoms with Crippen molar-refractivity contribution >= 4 is 40.4 Å². The number of carbonyl (C=O) groups is 2. The van der Waals surface area contributed by atoms with Crippen molar-refractivity contribution in [3.63, 3.8) is 0 Å². The highest BCUT2D eigenvalue weighted by atomic mass is 79.9. The number of hydrogen-bond donors (Lipinski definition) is 3. The van der Waals surface area contributed by atoms with Crippen molar-refractivity contribution in [2.75, 3.05) is 13.1 Å². The average molecular weight is 379 g/mol. The number of rotatable bonds is 5. The molecule has 0 heterocycles. The van der Waals surface area contributed by atoms with Crippen molar-refractivity contribution in [3.05, 3.63) is 64.1 Å². The largest absolute Gasteiger partial charge is 0.350 e. The second-order valence-corrected chi connectivity index (χ2v) is 5.84. The van der Waals surface area contributed by atoms with Gasteiger partial charge in [-0.3, -0.25) is 9.59 Å². The average Bonchev–Trinajstić information content (AvgIpc) is 2.52. The lowest BCUT2D eigenvalue weighted by Crippen LogP contribution is -2.34. The number of amides is 2. The first-order valence-electron chi connectivity index (χ1n) is 6.68. The smallest absolute Gasteiger partial charge is 0.252 e. The van der Waals surface area contributed by atoms with E-state index < -0.39 is 0 Å². The Hall–Kier alpha value is -1.79. The normalized spacial score (nSPS) is 10.1. The van der Waals surface area contributed by atoms with E-state index in [1.807, 2.05) is 12.1 Å². The maximum absolute atomic E-state index is 12.0. The number of hydrogen-bond acceptors (Lipinski definition) is 3. The molecule has 0 radical (unpaired) electrons. The summed E-state index contributed by atoms with van der Waals surface area (Å²) in [6, 6.07) is 14.2. The lowest BCUT2D eigenvalue weighted by molar-refractivity contribution is 0.0926. The van der Waals surface area contributed by atoms with Gasteiger partial charge in [0.25, 0.3) is 11.8 Å². The topological polar surface area (TPSA) is 58.2 Å². The number of carbonyl (C=O) groups excluding carboxylic acids is 2. The molecule has 0 spiro atoms. The SMILES string of the molecule is O=C(NCCNC(=O)c1ccccc1Br)c1ccccc1S. The minimum absolute atomic E-state index is 0.184. The molecule has 0 atom stereocenters. The zero-order valence-corrected chi connectivity index (χ0v) is 14.2. The monoisotopic (exact) mass is 378 g/mol. The Balaban J connectivity index is 1.80. The van der Waals surface area contributed by atoms with Gasteiger partial charge in [-0.15, -0.1) is 12.6 Å². The number of nitrogens with one attached hydrogen (secondary N) is 2. The minimum Gasteiger partial charge on any atom is -0.350 e. The molecule has 0 aliphatic rings. The van der Waals surface area contributed by atoms with E-state index in [1.165, 1.54) is 0 Å². The second kappa shape index (κ2) is 8.00. The minimum atomic E-state index is -0.208. The quantitative estimate of drug-likeness (QED) is 0.553. The molecule has 0 unspecified atom stereocenters. The van der Waals surface area contributed by atoms with Crippen LogP contribution in [0.3, 0.4) is 0 Å². The van der Waals surface area contributed by atoms with Crippen molar-refractivity contribution in [2.24, 2.45) is 0 Å². The number of halogens is 1. The third kappa shape index (κ3) is 4.35. The molecule has 4 nitrogen and oxygen atoms in total. The molecular formula is C16H15BrN2O2S. The Morgan fingerprint density at radius 3 is 1.95 bits per heavy atom. The van der Waals surface area contributed by atoms with Crippen LogP contribution < -0.4 is 10.6 Å². The highest BCUT2D eigenvalue weighted by molar-refractivity contribution is 9.10. The van der Waals surface area contributed by atoms with Crippen LogP contribution in [0.2, 0.25) is 0 Å². The standard InChI is InChI=1S/C16H15BrN2O2S/c17-13-7-3-1-5-11(13)15(20)18-9-10-19-16(21)12-6-2-4-8-14(12)22/h1-8,22H,9-10H2,(H,18,20)(H,19,21). The fraction of sp³-hybridized carbons (Fsp3) is 0.125. The molecule has 2 rings (SSSR count). The molecule has 2 aromatic carbocycles. The van der Waals surface area contributed by atoms with Crippen molar-refractivity contribution < 1.29 is 9.59 Å². The van der Waals surface area contributed by atoms with Crippen molar-refractivity contribution in [3.8, 4) is 0 Å². The van der Waals surface area contributed by atoms with E-state index in [0.717, 1.165) is 4.47 Å². The van der Waals surface area contributed by atoms with Gasteiger partial charge < -0.3 is 10.6 Å². The Labute approximate surface area is 142 Å². The molecule has 0 saturated carbocycles. The van der Waals surface area contributed by atoms with Crippen LogP contribution in [0.25, 0.3) is 0 Å². The molecule has 0 saturated heterocycles. The fourth-order valence-corrected chi connectivity index (χ4v) is 2.58. The summed E-state index contributed by atoms with van der Waals surface area (Å²) in [6.07, 6.45) is 0. The van der Waals surface area contributed by atoms with Crippen LogP contribution in [0.4, 0.5) is 0 Å². The summed E-state index contributed by atoms with van der Waals surface area (Å²) >= 11 is 7.57. The Morgan fingerprint density at radius 1 is 0.864 bits per heavy atom. The fourth-order valence-electron chi connectivity index (χ4n) is 1.85. The highest BCUT2D eigenvalue weighted by Crippen LogP contribution is 2.15. The van der Waals surface area contributed by atoms with Gasteiger partial charge >= 0.3 is 0 Å². The van der Waals surface area contributed by atoms with Gasteiger partial charge in [0.15, 0.2) is 0 Å². The molecule has 2 amide bonds. The summed E-state index contributed by atoms with van der Waals surface area (Å²) in [4.78, 5) is 24.5. The lowest BCUT2D eigenvalue weighted by atomic mass is 10.2. The van der Waals surface area contributed by atoms with Gasteiger partial charge in [0.05, 0.1) is 11.1 Å². The third-order valence-corrected chi connectivity index (χ3v) is 4.04. The van der Waals surface area contributed by atoms with Crippen LogP contribution in [0.5, 0.6) is 0 Å². The number of benzene rings is 2. The third-order valence-electron chi connectivity index (χ3n) is 2.96.